The number of thiophene rings is 1. The van der Waals surface area contributed by atoms with Gasteiger partial charge in [-0.05, 0) is 42.3 Å². The second-order valence-electron chi connectivity index (χ2n) is 5.76. The highest BCUT2D eigenvalue weighted by Gasteiger charge is 2.05. The summed E-state index contributed by atoms with van der Waals surface area (Å²) in [5.41, 5.74) is 8.60. The number of aromatic nitrogens is 1. The largest absolute Gasteiger partial charge is 0.493 e. The number of benzene rings is 1. The van der Waals surface area contributed by atoms with Crippen molar-refractivity contribution < 1.29 is 4.74 Å². The lowest BCUT2D eigenvalue weighted by Crippen LogP contribution is -2.20. The minimum Gasteiger partial charge on any atom is -0.493 e. The summed E-state index contributed by atoms with van der Waals surface area (Å²) >= 11 is 7.45. The van der Waals surface area contributed by atoms with E-state index in [4.69, 9.17) is 22.1 Å². The highest BCUT2D eigenvalue weighted by molar-refractivity contribution is 7.16. The number of pyridine rings is 1. The zero-order valence-corrected chi connectivity index (χ0v) is 15.4. The Morgan fingerprint density at radius 1 is 1.24 bits per heavy atom. The average Bonchev–Trinajstić information content (AvgIpc) is 2.99. The van der Waals surface area contributed by atoms with Crippen LogP contribution >= 0.6 is 22.9 Å². The minimum atomic E-state index is -0.0986. The third-order valence-corrected chi connectivity index (χ3v) is 5.33. The molecular weight excluding hydrogens is 356 g/mol. The van der Waals surface area contributed by atoms with Gasteiger partial charge in [0.15, 0.2) is 0 Å². The Morgan fingerprint density at radius 2 is 2.08 bits per heavy atom. The Bertz CT molecular complexity index is 933. The number of hydrogen-bond donors (Lipinski definition) is 1. The number of nitrogens with zero attached hydrogens (tertiary/aromatic N) is 1. The third-order valence-electron chi connectivity index (χ3n) is 4.04. The van der Waals surface area contributed by atoms with Crippen molar-refractivity contribution in [2.24, 2.45) is 0 Å². The Balaban J connectivity index is 1.64. The molecule has 130 valence electrons. The minimum absolute atomic E-state index is 0.0986. The van der Waals surface area contributed by atoms with Gasteiger partial charge in [-0.1, -0.05) is 23.7 Å². The van der Waals surface area contributed by atoms with E-state index in [2.05, 4.69) is 0 Å². The van der Waals surface area contributed by atoms with E-state index < -0.39 is 0 Å². The molecule has 2 aromatic heterocycles. The number of halogens is 1. The second kappa shape index (κ2) is 7.76. The first-order chi connectivity index (χ1) is 12.0. The van der Waals surface area contributed by atoms with Gasteiger partial charge in [-0.2, -0.15) is 0 Å². The summed E-state index contributed by atoms with van der Waals surface area (Å²) in [6, 6.07) is 12.9. The van der Waals surface area contributed by atoms with Crippen molar-refractivity contribution in [3.63, 3.8) is 0 Å². The Morgan fingerprint density at radius 3 is 2.80 bits per heavy atom. The molecule has 0 amide bonds. The third kappa shape index (κ3) is 4.44. The summed E-state index contributed by atoms with van der Waals surface area (Å²) < 4.78 is 8.10. The fourth-order valence-electron chi connectivity index (χ4n) is 2.52. The smallest absolute Gasteiger partial charge is 0.254 e. The molecule has 0 unspecified atom stereocenters. The molecule has 0 radical (unpaired) electrons. The topological polar surface area (TPSA) is 57.2 Å². The van der Waals surface area contributed by atoms with E-state index in [1.165, 1.54) is 6.07 Å². The van der Waals surface area contributed by atoms with Gasteiger partial charge < -0.3 is 15.0 Å². The molecule has 6 heteroatoms. The van der Waals surface area contributed by atoms with E-state index in [9.17, 15) is 4.79 Å². The molecule has 3 aromatic rings. The van der Waals surface area contributed by atoms with Crippen LogP contribution in [-0.4, -0.2) is 11.2 Å². The zero-order chi connectivity index (χ0) is 17.8. The van der Waals surface area contributed by atoms with Gasteiger partial charge in [-0.3, -0.25) is 4.79 Å². The van der Waals surface area contributed by atoms with Gasteiger partial charge in [0, 0.05) is 29.2 Å². The first-order valence-corrected chi connectivity index (χ1v) is 9.14. The predicted octanol–water partition coefficient (Wildman–Crippen LogP) is 4.12. The fourth-order valence-corrected chi connectivity index (χ4v) is 3.59. The summed E-state index contributed by atoms with van der Waals surface area (Å²) in [5, 5.41) is 0. The number of ether oxygens (including phenoxy) is 1. The van der Waals surface area contributed by atoms with E-state index in [0.717, 1.165) is 32.4 Å². The first-order valence-electron chi connectivity index (χ1n) is 7.94. The van der Waals surface area contributed by atoms with Gasteiger partial charge in [-0.15, -0.1) is 11.3 Å². The van der Waals surface area contributed by atoms with Crippen LogP contribution < -0.4 is 16.0 Å². The van der Waals surface area contributed by atoms with E-state index in [-0.39, 0.29) is 5.56 Å². The van der Waals surface area contributed by atoms with Crippen LogP contribution in [-0.2, 0) is 13.0 Å². The lowest BCUT2D eigenvalue weighted by Gasteiger charge is -2.11. The Hall–Kier alpha value is -2.24. The molecule has 0 aliphatic carbocycles. The van der Waals surface area contributed by atoms with E-state index in [1.807, 2.05) is 43.3 Å². The monoisotopic (exact) mass is 374 g/mol. The number of anilines is 1. The van der Waals surface area contributed by atoms with Crippen molar-refractivity contribution in [3.8, 4) is 5.75 Å². The molecular formula is C19H19ClN2O2S. The summed E-state index contributed by atoms with van der Waals surface area (Å²) in [7, 11) is 0. The van der Waals surface area contributed by atoms with Gasteiger partial charge in [0.1, 0.15) is 5.75 Å². The second-order valence-corrected chi connectivity index (χ2v) is 7.56. The highest BCUT2D eigenvalue weighted by atomic mass is 35.5. The fraction of sp³-hybridized carbons (Fsp3) is 0.211. The quantitative estimate of drug-likeness (QED) is 0.660. The Labute approximate surface area is 155 Å². The van der Waals surface area contributed by atoms with Crippen LogP contribution in [0, 0.1) is 6.92 Å². The Kier molecular flexibility index (Phi) is 5.46. The molecule has 1 aromatic carbocycles. The SMILES string of the molecule is Cc1c(N)cccc1Cn1ccc(OCCc2ccc(Cl)s2)cc1=O. The molecule has 0 aliphatic rings. The summed E-state index contributed by atoms with van der Waals surface area (Å²) in [6.07, 6.45) is 2.52. The molecule has 0 atom stereocenters. The van der Waals surface area contributed by atoms with E-state index in [0.29, 0.717) is 18.9 Å². The standard InChI is InChI=1S/C19H19ClN2O2S/c1-13-14(3-2-4-17(13)21)12-22-9-7-15(11-19(22)23)24-10-8-16-5-6-18(20)25-16/h2-7,9,11H,8,10,12,21H2,1H3. The molecule has 0 saturated carbocycles. The van der Waals surface area contributed by atoms with Gasteiger partial charge in [0.2, 0.25) is 0 Å². The van der Waals surface area contributed by atoms with E-state index >= 15 is 0 Å². The maximum Gasteiger partial charge on any atom is 0.254 e. The van der Waals surface area contributed by atoms with Crippen molar-refractivity contribution in [1.29, 1.82) is 0 Å². The van der Waals surface area contributed by atoms with E-state index in [1.54, 1.807) is 22.1 Å². The highest BCUT2D eigenvalue weighted by Crippen LogP contribution is 2.22. The lowest BCUT2D eigenvalue weighted by molar-refractivity contribution is 0.321. The van der Waals surface area contributed by atoms with Gasteiger partial charge in [0.25, 0.3) is 5.56 Å². The lowest BCUT2D eigenvalue weighted by atomic mass is 10.1. The number of nitrogen functional groups attached to an aromatic ring is 1. The predicted molar refractivity (Wildman–Crippen MR) is 104 cm³/mol. The van der Waals surface area contributed by atoms with Crippen molar-refractivity contribution in [3.05, 3.63) is 79.4 Å². The van der Waals surface area contributed by atoms with Crippen LogP contribution in [0.3, 0.4) is 0 Å². The molecule has 2 N–H and O–H groups in total. The number of rotatable bonds is 6. The molecule has 3 rings (SSSR count). The molecule has 2 heterocycles. The normalized spacial score (nSPS) is 10.8. The van der Waals surface area contributed by atoms with Crippen LogP contribution in [0.25, 0.3) is 0 Å². The molecule has 25 heavy (non-hydrogen) atoms. The molecule has 0 aliphatic heterocycles. The van der Waals surface area contributed by atoms with Gasteiger partial charge in [-0.25, -0.2) is 0 Å². The molecule has 0 fully saturated rings. The average molecular weight is 375 g/mol. The van der Waals surface area contributed by atoms with Crippen molar-refractivity contribution in [1.82, 2.24) is 4.57 Å². The van der Waals surface area contributed by atoms with Crippen molar-refractivity contribution in [2.45, 2.75) is 19.9 Å². The van der Waals surface area contributed by atoms with Crippen molar-refractivity contribution >= 4 is 28.6 Å². The summed E-state index contributed by atoms with van der Waals surface area (Å²) in [6.45, 7) is 2.96. The summed E-state index contributed by atoms with van der Waals surface area (Å²) in [5.74, 6) is 0.577. The van der Waals surface area contributed by atoms with Crippen molar-refractivity contribution in [2.75, 3.05) is 12.3 Å². The zero-order valence-electron chi connectivity index (χ0n) is 13.9. The van der Waals surface area contributed by atoms with Crippen LogP contribution in [0.1, 0.15) is 16.0 Å². The van der Waals surface area contributed by atoms with Crippen LogP contribution in [0.5, 0.6) is 5.75 Å². The maximum atomic E-state index is 12.3. The molecule has 0 spiro atoms. The summed E-state index contributed by atoms with van der Waals surface area (Å²) in [4.78, 5) is 13.5. The number of nitrogens with two attached hydrogens (primary N) is 1. The van der Waals surface area contributed by atoms with Gasteiger partial charge >= 0.3 is 0 Å². The van der Waals surface area contributed by atoms with Gasteiger partial charge in [0.05, 0.1) is 17.5 Å². The van der Waals surface area contributed by atoms with Crippen LogP contribution in [0.15, 0.2) is 53.5 Å². The number of hydrogen-bond acceptors (Lipinski definition) is 4. The maximum absolute atomic E-state index is 12.3. The molecule has 4 nitrogen and oxygen atoms in total. The van der Waals surface area contributed by atoms with Crippen LogP contribution in [0.2, 0.25) is 4.34 Å². The molecule has 0 bridgehead atoms. The molecule has 0 saturated heterocycles. The first kappa shape index (κ1) is 17.6. The van der Waals surface area contributed by atoms with Crippen LogP contribution in [0.4, 0.5) is 5.69 Å².